The summed E-state index contributed by atoms with van der Waals surface area (Å²) in [5, 5.41) is 12.0. The summed E-state index contributed by atoms with van der Waals surface area (Å²) in [6.45, 7) is 5.54. The zero-order valence-electron chi connectivity index (χ0n) is 16.5. The average Bonchev–Trinajstić information content (AvgIpc) is 2.63. The molecule has 1 saturated heterocycles. The van der Waals surface area contributed by atoms with E-state index in [-0.39, 0.29) is 6.61 Å². The summed E-state index contributed by atoms with van der Waals surface area (Å²) in [4.78, 5) is 37.9. The lowest BCUT2D eigenvalue weighted by Gasteiger charge is -2.38. The number of ether oxygens (including phenoxy) is 2. The predicted molar refractivity (Wildman–Crippen MR) is 102 cm³/mol. The molecule has 1 aromatic carbocycles. The molecule has 0 saturated carbocycles. The first-order chi connectivity index (χ1) is 13.2. The number of benzene rings is 1. The lowest BCUT2D eigenvalue weighted by atomic mass is 9.96. The van der Waals surface area contributed by atoms with Crippen LogP contribution in [0.15, 0.2) is 30.3 Å². The standard InChI is InChI=1S/C20H28N2O6/c1-20(2,3)28-18(25)21-16(17(23)24)15-11-7-8-12-22(15)19(26)27-13-14-9-5-4-6-10-14/h4-6,9-10,15-16H,7-8,11-13H2,1-3H3,(H,21,25)(H,23,24)/t15-,16+/m0/s1. The molecule has 2 atom stereocenters. The van der Waals surface area contributed by atoms with Gasteiger partial charge in [-0.3, -0.25) is 0 Å². The molecule has 1 heterocycles. The Morgan fingerprint density at radius 2 is 1.89 bits per heavy atom. The summed E-state index contributed by atoms with van der Waals surface area (Å²) in [6, 6.07) is 7.25. The van der Waals surface area contributed by atoms with Gasteiger partial charge in [0.25, 0.3) is 0 Å². The molecule has 0 unspecified atom stereocenters. The van der Waals surface area contributed by atoms with Crippen molar-refractivity contribution in [1.82, 2.24) is 10.2 Å². The van der Waals surface area contributed by atoms with Gasteiger partial charge in [-0.2, -0.15) is 0 Å². The molecule has 0 aromatic heterocycles. The van der Waals surface area contributed by atoms with Crippen molar-refractivity contribution in [3.8, 4) is 0 Å². The highest BCUT2D eigenvalue weighted by molar-refractivity contribution is 5.82. The van der Waals surface area contributed by atoms with Gasteiger partial charge in [0.2, 0.25) is 0 Å². The summed E-state index contributed by atoms with van der Waals surface area (Å²) in [5.74, 6) is -1.22. The van der Waals surface area contributed by atoms with Crippen molar-refractivity contribution >= 4 is 18.2 Å². The van der Waals surface area contributed by atoms with Crippen LogP contribution in [0.5, 0.6) is 0 Å². The number of rotatable bonds is 5. The van der Waals surface area contributed by atoms with Crippen LogP contribution in [0, 0.1) is 0 Å². The predicted octanol–water partition coefficient (Wildman–Crippen LogP) is 3.16. The van der Waals surface area contributed by atoms with Gasteiger partial charge in [-0.1, -0.05) is 30.3 Å². The molecule has 0 bridgehead atoms. The minimum Gasteiger partial charge on any atom is -0.480 e. The van der Waals surface area contributed by atoms with E-state index in [1.165, 1.54) is 4.90 Å². The summed E-state index contributed by atoms with van der Waals surface area (Å²) < 4.78 is 10.5. The van der Waals surface area contributed by atoms with Crippen LogP contribution in [-0.2, 0) is 20.9 Å². The van der Waals surface area contributed by atoms with Crippen molar-refractivity contribution in [2.75, 3.05) is 6.54 Å². The van der Waals surface area contributed by atoms with Gasteiger partial charge in [-0.05, 0) is 45.6 Å². The van der Waals surface area contributed by atoms with Crippen LogP contribution in [0.25, 0.3) is 0 Å². The van der Waals surface area contributed by atoms with E-state index in [1.54, 1.807) is 20.8 Å². The van der Waals surface area contributed by atoms with Crippen molar-refractivity contribution in [1.29, 1.82) is 0 Å². The molecule has 154 valence electrons. The highest BCUT2D eigenvalue weighted by Gasteiger charge is 2.39. The van der Waals surface area contributed by atoms with E-state index >= 15 is 0 Å². The molecule has 1 aliphatic rings. The number of hydrogen-bond acceptors (Lipinski definition) is 5. The lowest BCUT2D eigenvalue weighted by Crippen LogP contribution is -2.59. The number of piperidine rings is 1. The number of carboxylic acid groups (broad SMARTS) is 1. The molecular weight excluding hydrogens is 364 g/mol. The molecule has 1 aromatic rings. The maximum atomic E-state index is 12.6. The molecule has 1 fully saturated rings. The van der Waals surface area contributed by atoms with Gasteiger partial charge >= 0.3 is 18.2 Å². The summed E-state index contributed by atoms with van der Waals surface area (Å²) in [7, 11) is 0. The van der Waals surface area contributed by atoms with Gasteiger partial charge in [-0.25, -0.2) is 14.4 Å². The minimum absolute atomic E-state index is 0.0973. The molecular formula is C20H28N2O6. The highest BCUT2D eigenvalue weighted by Crippen LogP contribution is 2.22. The number of likely N-dealkylation sites (tertiary alicyclic amines) is 1. The van der Waals surface area contributed by atoms with Gasteiger partial charge in [0, 0.05) is 6.54 Å². The van der Waals surface area contributed by atoms with Gasteiger partial charge in [0.05, 0.1) is 6.04 Å². The van der Waals surface area contributed by atoms with Crippen LogP contribution in [0.3, 0.4) is 0 Å². The Kier molecular flexibility index (Phi) is 7.25. The van der Waals surface area contributed by atoms with Crippen LogP contribution >= 0.6 is 0 Å². The fourth-order valence-corrected chi connectivity index (χ4v) is 3.09. The number of amides is 2. The second-order valence-electron chi connectivity index (χ2n) is 7.76. The molecule has 28 heavy (non-hydrogen) atoms. The lowest BCUT2D eigenvalue weighted by molar-refractivity contribution is -0.141. The number of carbonyl (C=O) groups is 3. The molecule has 0 aliphatic carbocycles. The van der Waals surface area contributed by atoms with E-state index in [0.717, 1.165) is 18.4 Å². The first-order valence-corrected chi connectivity index (χ1v) is 9.37. The maximum Gasteiger partial charge on any atom is 0.410 e. The van der Waals surface area contributed by atoms with Gasteiger partial charge in [0.15, 0.2) is 6.04 Å². The Morgan fingerprint density at radius 3 is 2.50 bits per heavy atom. The number of carbonyl (C=O) groups excluding carboxylic acids is 2. The minimum atomic E-state index is -1.28. The molecule has 0 spiro atoms. The van der Waals surface area contributed by atoms with E-state index in [0.29, 0.717) is 13.0 Å². The SMILES string of the molecule is CC(C)(C)OC(=O)N[C@@H](C(=O)O)[C@@H]1CCCCN1C(=O)OCc1ccccc1. The van der Waals surface area contributed by atoms with Gasteiger partial charge < -0.3 is 24.8 Å². The number of nitrogens with zero attached hydrogens (tertiary/aromatic N) is 1. The fraction of sp³-hybridized carbons (Fsp3) is 0.550. The molecule has 2 N–H and O–H groups in total. The first kappa shape index (κ1) is 21.5. The van der Waals surface area contributed by atoms with Crippen molar-refractivity contribution in [2.45, 2.75) is 64.3 Å². The number of hydrogen-bond donors (Lipinski definition) is 2. The second-order valence-corrected chi connectivity index (χ2v) is 7.76. The second kappa shape index (κ2) is 9.43. The Balaban J connectivity index is 2.06. The average molecular weight is 392 g/mol. The molecule has 8 heteroatoms. The van der Waals surface area contributed by atoms with E-state index in [1.807, 2.05) is 30.3 Å². The van der Waals surface area contributed by atoms with Crippen LogP contribution in [0.1, 0.15) is 45.6 Å². The Hall–Kier alpha value is -2.77. The van der Waals surface area contributed by atoms with Gasteiger partial charge in [-0.15, -0.1) is 0 Å². The van der Waals surface area contributed by atoms with E-state index in [4.69, 9.17) is 9.47 Å². The summed E-state index contributed by atoms with van der Waals surface area (Å²) >= 11 is 0. The van der Waals surface area contributed by atoms with E-state index < -0.39 is 35.8 Å². The topological polar surface area (TPSA) is 105 Å². The zero-order valence-corrected chi connectivity index (χ0v) is 16.5. The van der Waals surface area contributed by atoms with Crippen LogP contribution in [0.4, 0.5) is 9.59 Å². The van der Waals surface area contributed by atoms with Crippen molar-refractivity contribution in [3.63, 3.8) is 0 Å². The number of aliphatic carboxylic acids is 1. The number of carboxylic acids is 1. The normalized spacial score (nSPS) is 18.1. The third-order valence-electron chi connectivity index (χ3n) is 4.31. The third kappa shape index (κ3) is 6.44. The molecule has 2 amide bonds. The number of alkyl carbamates (subject to hydrolysis) is 1. The van der Waals surface area contributed by atoms with E-state index in [2.05, 4.69) is 5.32 Å². The largest absolute Gasteiger partial charge is 0.480 e. The summed E-state index contributed by atoms with van der Waals surface area (Å²) in [6.07, 6.45) is 0.532. The Labute approximate surface area is 164 Å². The van der Waals surface area contributed by atoms with Crippen molar-refractivity contribution in [3.05, 3.63) is 35.9 Å². The van der Waals surface area contributed by atoms with Crippen LogP contribution < -0.4 is 5.32 Å². The van der Waals surface area contributed by atoms with Crippen molar-refractivity contribution in [2.24, 2.45) is 0 Å². The first-order valence-electron chi connectivity index (χ1n) is 9.37. The Morgan fingerprint density at radius 1 is 1.21 bits per heavy atom. The zero-order chi connectivity index (χ0) is 20.7. The fourth-order valence-electron chi connectivity index (χ4n) is 3.09. The summed E-state index contributed by atoms with van der Waals surface area (Å²) in [5.41, 5.74) is 0.0830. The Bertz CT molecular complexity index is 686. The van der Waals surface area contributed by atoms with Gasteiger partial charge in [0.1, 0.15) is 12.2 Å². The highest BCUT2D eigenvalue weighted by atomic mass is 16.6. The molecule has 0 radical (unpaired) electrons. The van der Waals surface area contributed by atoms with E-state index in [9.17, 15) is 19.5 Å². The smallest absolute Gasteiger partial charge is 0.410 e. The monoisotopic (exact) mass is 392 g/mol. The third-order valence-corrected chi connectivity index (χ3v) is 4.31. The van der Waals surface area contributed by atoms with Crippen molar-refractivity contribution < 1.29 is 29.0 Å². The molecule has 2 rings (SSSR count). The maximum absolute atomic E-state index is 12.6. The number of nitrogens with one attached hydrogen (secondary N) is 1. The molecule has 1 aliphatic heterocycles. The van der Waals surface area contributed by atoms with Crippen LogP contribution in [0.2, 0.25) is 0 Å². The quantitative estimate of drug-likeness (QED) is 0.797. The molecule has 8 nitrogen and oxygen atoms in total. The van der Waals surface area contributed by atoms with Crippen LogP contribution in [-0.4, -0.2) is 52.4 Å².